The Bertz CT molecular complexity index is 1510. The van der Waals surface area contributed by atoms with Gasteiger partial charge in [0.15, 0.2) is 4.83 Å². The van der Waals surface area contributed by atoms with Crippen LogP contribution in [-0.2, 0) is 6.54 Å². The highest BCUT2D eigenvalue weighted by Gasteiger charge is 2.33. The van der Waals surface area contributed by atoms with Crippen LogP contribution in [0.3, 0.4) is 0 Å². The van der Waals surface area contributed by atoms with Gasteiger partial charge in [0, 0.05) is 12.1 Å². The normalized spacial score (nSPS) is 12.4. The van der Waals surface area contributed by atoms with Crippen LogP contribution in [0.1, 0.15) is 59.3 Å². The number of carbonyl (C=O) groups is 1. The first kappa shape index (κ1) is 28.6. The minimum absolute atomic E-state index is 0.0796. The summed E-state index contributed by atoms with van der Waals surface area (Å²) in [4.78, 5) is 37.4. The van der Waals surface area contributed by atoms with Gasteiger partial charge in [0.05, 0.1) is 23.7 Å². The van der Waals surface area contributed by atoms with E-state index >= 15 is 0 Å². The second-order valence-corrected chi connectivity index (χ2v) is 11.4. The van der Waals surface area contributed by atoms with Crippen LogP contribution in [-0.4, -0.2) is 56.8 Å². The number of hydrogen-bond acceptors (Lipinski definition) is 6. The van der Waals surface area contributed by atoms with E-state index in [1.807, 2.05) is 65.2 Å². The Morgan fingerprint density at radius 1 is 1.08 bits per heavy atom. The molecule has 0 saturated heterocycles. The third kappa shape index (κ3) is 6.25. The highest BCUT2D eigenvalue weighted by atomic mass is 32.1. The molecule has 0 aliphatic rings. The van der Waals surface area contributed by atoms with Crippen molar-refractivity contribution in [2.75, 3.05) is 27.2 Å². The van der Waals surface area contributed by atoms with Crippen molar-refractivity contribution in [2.45, 2.75) is 46.7 Å². The second kappa shape index (κ2) is 12.2. The lowest BCUT2D eigenvalue weighted by molar-refractivity contribution is 0.0595. The fraction of sp³-hybridized carbons (Fsp3) is 0.400. The zero-order chi connectivity index (χ0) is 28.3. The van der Waals surface area contributed by atoms with Crippen molar-refractivity contribution >= 4 is 27.7 Å². The van der Waals surface area contributed by atoms with Crippen LogP contribution < -0.4 is 5.56 Å². The molecule has 2 aromatic heterocycles. The maximum absolute atomic E-state index is 14.5. The van der Waals surface area contributed by atoms with Crippen molar-refractivity contribution in [1.82, 2.24) is 23.7 Å². The molecule has 1 atom stereocenters. The average molecular weight is 550 g/mol. The molecule has 0 spiro atoms. The SMILES string of the molecule is Cc1ccc(C(=O)N(CCCN(C)C)C(c2nc3snc(C)c3c(=O)n2Cc2ccccc2)C(C)C)cc1F. The average Bonchev–Trinajstić information content (AvgIpc) is 3.27. The lowest BCUT2D eigenvalue weighted by Crippen LogP contribution is -2.42. The highest BCUT2D eigenvalue weighted by Crippen LogP contribution is 2.31. The van der Waals surface area contributed by atoms with Gasteiger partial charge >= 0.3 is 0 Å². The molecule has 0 saturated carbocycles. The maximum Gasteiger partial charge on any atom is 0.264 e. The van der Waals surface area contributed by atoms with Crippen LogP contribution >= 0.6 is 11.5 Å². The summed E-state index contributed by atoms with van der Waals surface area (Å²) < 4.78 is 20.6. The largest absolute Gasteiger partial charge is 0.328 e. The molecule has 0 aliphatic carbocycles. The molecule has 0 bridgehead atoms. The van der Waals surface area contributed by atoms with Gasteiger partial charge in [0.2, 0.25) is 0 Å². The Hall–Kier alpha value is -3.43. The number of amides is 1. The Morgan fingerprint density at radius 3 is 2.44 bits per heavy atom. The molecule has 7 nitrogen and oxygen atoms in total. The summed E-state index contributed by atoms with van der Waals surface area (Å²) in [5.41, 5.74) is 2.20. The number of aromatic nitrogens is 3. The van der Waals surface area contributed by atoms with Crippen LogP contribution in [0.15, 0.2) is 53.3 Å². The van der Waals surface area contributed by atoms with Crippen LogP contribution in [0.2, 0.25) is 0 Å². The van der Waals surface area contributed by atoms with Gasteiger partial charge in [-0.2, -0.15) is 4.37 Å². The summed E-state index contributed by atoms with van der Waals surface area (Å²) in [5, 5.41) is 0.508. The molecule has 0 radical (unpaired) electrons. The van der Waals surface area contributed by atoms with Crippen molar-refractivity contribution in [3.63, 3.8) is 0 Å². The molecular weight excluding hydrogens is 513 g/mol. The molecule has 1 unspecified atom stereocenters. The molecule has 206 valence electrons. The van der Waals surface area contributed by atoms with Crippen LogP contribution in [0, 0.1) is 25.6 Å². The van der Waals surface area contributed by atoms with E-state index in [1.165, 1.54) is 17.6 Å². The van der Waals surface area contributed by atoms with Crippen LogP contribution in [0.4, 0.5) is 4.39 Å². The fourth-order valence-corrected chi connectivity index (χ4v) is 5.62. The minimum Gasteiger partial charge on any atom is -0.328 e. The first-order chi connectivity index (χ1) is 18.6. The summed E-state index contributed by atoms with van der Waals surface area (Å²) in [6, 6.07) is 13.8. The predicted octanol–water partition coefficient (Wildman–Crippen LogP) is 5.45. The lowest BCUT2D eigenvalue weighted by atomic mass is 9.98. The number of aryl methyl sites for hydroxylation is 2. The summed E-state index contributed by atoms with van der Waals surface area (Å²) >= 11 is 1.19. The molecule has 0 fully saturated rings. The van der Waals surface area contributed by atoms with Crippen LogP contribution in [0.25, 0.3) is 10.2 Å². The van der Waals surface area contributed by atoms with E-state index in [0.717, 1.165) is 12.1 Å². The van der Waals surface area contributed by atoms with Gasteiger partial charge in [-0.1, -0.05) is 50.2 Å². The maximum atomic E-state index is 14.5. The summed E-state index contributed by atoms with van der Waals surface area (Å²) in [7, 11) is 3.97. The van der Waals surface area contributed by atoms with E-state index in [-0.39, 0.29) is 22.9 Å². The molecule has 39 heavy (non-hydrogen) atoms. The minimum atomic E-state index is -0.521. The Kier molecular flexibility index (Phi) is 8.92. The summed E-state index contributed by atoms with van der Waals surface area (Å²) in [6.45, 7) is 9.05. The number of nitrogens with zero attached hydrogens (tertiary/aromatic N) is 5. The number of benzene rings is 2. The van der Waals surface area contributed by atoms with Gasteiger partial charge in [-0.05, 0) is 81.6 Å². The van der Waals surface area contributed by atoms with E-state index in [1.54, 1.807) is 28.5 Å². The van der Waals surface area contributed by atoms with Crippen molar-refractivity contribution < 1.29 is 9.18 Å². The van der Waals surface area contributed by atoms with E-state index < -0.39 is 11.9 Å². The van der Waals surface area contributed by atoms with Crippen molar-refractivity contribution in [3.05, 3.63) is 92.9 Å². The van der Waals surface area contributed by atoms with Gasteiger partial charge in [0.25, 0.3) is 11.5 Å². The van der Waals surface area contributed by atoms with E-state index in [4.69, 9.17) is 4.98 Å². The topological polar surface area (TPSA) is 71.3 Å². The monoisotopic (exact) mass is 549 g/mol. The van der Waals surface area contributed by atoms with Crippen LogP contribution in [0.5, 0.6) is 0 Å². The zero-order valence-corrected chi connectivity index (χ0v) is 24.3. The second-order valence-electron chi connectivity index (χ2n) is 10.6. The molecule has 9 heteroatoms. The smallest absolute Gasteiger partial charge is 0.264 e. The number of rotatable bonds is 10. The van der Waals surface area contributed by atoms with Gasteiger partial charge in [-0.3, -0.25) is 14.2 Å². The Balaban J connectivity index is 1.90. The number of hydrogen-bond donors (Lipinski definition) is 0. The molecule has 0 aliphatic heterocycles. The third-order valence-electron chi connectivity index (χ3n) is 6.90. The van der Waals surface area contributed by atoms with E-state index in [2.05, 4.69) is 9.27 Å². The Morgan fingerprint density at radius 2 is 1.79 bits per heavy atom. The first-order valence-electron chi connectivity index (χ1n) is 13.2. The first-order valence-corrected chi connectivity index (χ1v) is 14.0. The molecular formula is C30H36FN5O2S. The van der Waals surface area contributed by atoms with Crippen molar-refractivity contribution in [1.29, 1.82) is 0 Å². The van der Waals surface area contributed by atoms with E-state index in [9.17, 15) is 14.0 Å². The quantitative estimate of drug-likeness (QED) is 0.263. The molecule has 2 heterocycles. The van der Waals surface area contributed by atoms with Crippen molar-refractivity contribution in [3.8, 4) is 0 Å². The standard InChI is InChI=1S/C30H36FN5O2S/c1-19(2)26(35(16-10-15-34(5)6)29(37)23-14-13-20(3)24(31)17-23)27-32-28-25(21(4)33-39-28)30(38)36(27)18-22-11-8-7-9-12-22/h7-9,11-14,17,19,26H,10,15-16,18H2,1-6H3. The van der Waals surface area contributed by atoms with Crippen molar-refractivity contribution in [2.24, 2.45) is 5.92 Å². The summed E-state index contributed by atoms with van der Waals surface area (Å²) in [5.74, 6) is -0.270. The number of fused-ring (bicyclic) bond motifs is 1. The molecule has 2 aromatic carbocycles. The predicted molar refractivity (Wildman–Crippen MR) is 155 cm³/mol. The fourth-order valence-electron chi connectivity index (χ4n) is 4.84. The lowest BCUT2D eigenvalue weighted by Gasteiger charge is -2.35. The summed E-state index contributed by atoms with van der Waals surface area (Å²) in [6.07, 6.45) is 0.709. The zero-order valence-electron chi connectivity index (χ0n) is 23.4. The molecule has 4 aromatic rings. The number of halogens is 1. The van der Waals surface area contributed by atoms with E-state index in [0.29, 0.717) is 46.8 Å². The van der Waals surface area contributed by atoms with Gasteiger partial charge in [-0.15, -0.1) is 0 Å². The number of carbonyl (C=O) groups excluding carboxylic acids is 1. The van der Waals surface area contributed by atoms with Gasteiger partial charge in [-0.25, -0.2) is 9.37 Å². The Labute approximate surface area is 233 Å². The molecule has 1 amide bonds. The highest BCUT2D eigenvalue weighted by molar-refractivity contribution is 7.12. The third-order valence-corrected chi connectivity index (χ3v) is 7.73. The molecule has 0 N–H and O–H groups in total. The van der Waals surface area contributed by atoms with Gasteiger partial charge < -0.3 is 9.80 Å². The van der Waals surface area contributed by atoms with Gasteiger partial charge in [0.1, 0.15) is 11.6 Å². The molecule has 4 rings (SSSR count).